The van der Waals surface area contributed by atoms with Crippen LogP contribution < -0.4 is 16.0 Å². The molecule has 8 heteroatoms. The van der Waals surface area contributed by atoms with Gasteiger partial charge in [-0.25, -0.2) is 0 Å². The summed E-state index contributed by atoms with van der Waals surface area (Å²) in [5.74, 6) is -1.61. The Labute approximate surface area is 110 Å². The molecule has 0 radical (unpaired) electrons. The van der Waals surface area contributed by atoms with E-state index in [-0.39, 0.29) is 35.3 Å². The van der Waals surface area contributed by atoms with Crippen LogP contribution in [0, 0.1) is 22.0 Å². The maximum absolute atomic E-state index is 11.4. The molecule has 1 saturated carbocycles. The summed E-state index contributed by atoms with van der Waals surface area (Å²) in [6.45, 7) is 2.39. The number of hydrogen-bond acceptors (Lipinski definition) is 5. The van der Waals surface area contributed by atoms with Crippen molar-refractivity contribution in [2.45, 2.75) is 31.5 Å². The van der Waals surface area contributed by atoms with Crippen molar-refractivity contribution in [3.63, 3.8) is 0 Å². The second-order valence-electron chi connectivity index (χ2n) is 5.25. The van der Waals surface area contributed by atoms with Crippen LogP contribution in [0.5, 0.6) is 0 Å². The Hall–Kier alpha value is -1.70. The van der Waals surface area contributed by atoms with Crippen LogP contribution in [0.15, 0.2) is 0 Å². The summed E-state index contributed by atoms with van der Waals surface area (Å²) < 4.78 is 0. The highest BCUT2D eigenvalue weighted by atomic mass is 16.6. The Morgan fingerprint density at radius 2 is 2.00 bits per heavy atom. The average Bonchev–Trinajstić information content (AvgIpc) is 2.35. The molecule has 5 unspecified atom stereocenters. The third kappa shape index (κ3) is 2.40. The fourth-order valence-electron chi connectivity index (χ4n) is 3.17. The van der Waals surface area contributed by atoms with Gasteiger partial charge in [0, 0.05) is 29.7 Å². The van der Waals surface area contributed by atoms with Crippen molar-refractivity contribution < 1.29 is 14.5 Å². The number of nitro groups is 1. The number of rotatable bonds is 3. The van der Waals surface area contributed by atoms with E-state index >= 15 is 0 Å². The number of hydrogen-bond donors (Lipinski definition) is 3. The zero-order chi connectivity index (χ0) is 14.2. The first kappa shape index (κ1) is 13.7. The molecule has 2 rings (SSSR count). The molecule has 1 aliphatic heterocycles. The average molecular weight is 270 g/mol. The molecule has 2 amide bonds. The molecule has 1 saturated heterocycles. The van der Waals surface area contributed by atoms with Crippen LogP contribution in [0.3, 0.4) is 0 Å². The van der Waals surface area contributed by atoms with Crippen molar-refractivity contribution in [1.82, 2.24) is 16.0 Å². The number of amides is 2. The number of piperazine rings is 1. The lowest BCUT2D eigenvalue weighted by atomic mass is 9.70. The molecular weight excluding hydrogens is 252 g/mol. The molecule has 0 aromatic rings. The first-order valence-corrected chi connectivity index (χ1v) is 6.35. The molecule has 0 spiro atoms. The van der Waals surface area contributed by atoms with E-state index in [1.165, 1.54) is 0 Å². The third-order valence-corrected chi connectivity index (χ3v) is 4.20. The lowest BCUT2D eigenvalue weighted by Crippen LogP contribution is -2.70. The minimum absolute atomic E-state index is 0.0799. The van der Waals surface area contributed by atoms with E-state index in [0.717, 1.165) is 0 Å². The lowest BCUT2D eigenvalue weighted by Gasteiger charge is -2.45. The summed E-state index contributed by atoms with van der Waals surface area (Å²) in [6, 6.07) is -1.31. The van der Waals surface area contributed by atoms with Crippen LogP contribution in [0.1, 0.15) is 13.3 Å². The quantitative estimate of drug-likeness (QED) is 0.328. The molecule has 1 aliphatic carbocycles. The molecule has 2 fully saturated rings. The topological polar surface area (TPSA) is 113 Å². The van der Waals surface area contributed by atoms with Gasteiger partial charge in [0.25, 0.3) is 0 Å². The summed E-state index contributed by atoms with van der Waals surface area (Å²) in [7, 11) is 1.76. The van der Waals surface area contributed by atoms with Crippen LogP contribution in [0.25, 0.3) is 0 Å². The molecule has 0 aromatic carbocycles. The lowest BCUT2D eigenvalue weighted by molar-refractivity contribution is -0.538. The van der Waals surface area contributed by atoms with E-state index < -0.39 is 17.9 Å². The molecule has 8 nitrogen and oxygen atoms in total. The maximum atomic E-state index is 11.4. The second-order valence-corrected chi connectivity index (χ2v) is 5.25. The van der Waals surface area contributed by atoms with E-state index in [2.05, 4.69) is 16.0 Å². The Kier molecular flexibility index (Phi) is 3.70. The van der Waals surface area contributed by atoms with Crippen molar-refractivity contribution >= 4 is 11.8 Å². The first-order valence-electron chi connectivity index (χ1n) is 6.35. The van der Waals surface area contributed by atoms with Crippen molar-refractivity contribution in [3.05, 3.63) is 10.1 Å². The molecule has 5 atom stereocenters. The first-order chi connectivity index (χ1) is 8.95. The zero-order valence-electron chi connectivity index (χ0n) is 10.9. The van der Waals surface area contributed by atoms with Crippen LogP contribution in [0.2, 0.25) is 0 Å². The zero-order valence-corrected chi connectivity index (χ0v) is 10.9. The fraction of sp³-hybridized carbons (Fsp3) is 0.818. The monoisotopic (exact) mass is 270 g/mol. The fourth-order valence-corrected chi connectivity index (χ4v) is 3.17. The SMILES string of the molecule is CNCC1C(C)C([N+](=O)[O-])CC2NC(=O)C(=O)NC21. The van der Waals surface area contributed by atoms with E-state index in [9.17, 15) is 19.7 Å². The van der Waals surface area contributed by atoms with Gasteiger partial charge in [-0.2, -0.15) is 0 Å². The van der Waals surface area contributed by atoms with Gasteiger partial charge < -0.3 is 16.0 Å². The Morgan fingerprint density at radius 1 is 1.37 bits per heavy atom. The van der Waals surface area contributed by atoms with Gasteiger partial charge in [-0.15, -0.1) is 0 Å². The minimum Gasteiger partial charge on any atom is -0.343 e. The van der Waals surface area contributed by atoms with E-state index in [1.807, 2.05) is 6.92 Å². The summed E-state index contributed by atoms with van der Waals surface area (Å²) in [5, 5.41) is 19.4. The molecule has 3 N–H and O–H groups in total. The molecule has 0 bridgehead atoms. The number of carbonyl (C=O) groups is 2. The predicted molar refractivity (Wildman–Crippen MR) is 65.8 cm³/mol. The summed E-state index contributed by atoms with van der Waals surface area (Å²) in [5.41, 5.74) is 0. The Morgan fingerprint density at radius 3 is 2.58 bits per heavy atom. The van der Waals surface area contributed by atoms with Gasteiger partial charge >= 0.3 is 11.8 Å². The van der Waals surface area contributed by atoms with Gasteiger partial charge in [0.05, 0.1) is 12.1 Å². The molecule has 106 valence electrons. The van der Waals surface area contributed by atoms with Crippen LogP contribution in [0.4, 0.5) is 0 Å². The second kappa shape index (κ2) is 5.12. The van der Waals surface area contributed by atoms with Crippen molar-refractivity contribution in [3.8, 4) is 0 Å². The van der Waals surface area contributed by atoms with Crippen molar-refractivity contribution in [1.29, 1.82) is 0 Å². The number of carbonyl (C=O) groups excluding carboxylic acids is 2. The van der Waals surface area contributed by atoms with Crippen molar-refractivity contribution in [2.75, 3.05) is 13.6 Å². The number of fused-ring (bicyclic) bond motifs is 1. The molecule has 0 aromatic heterocycles. The summed E-state index contributed by atoms with van der Waals surface area (Å²) in [4.78, 5) is 33.6. The largest absolute Gasteiger partial charge is 0.343 e. The van der Waals surface area contributed by atoms with Gasteiger partial charge in [-0.1, -0.05) is 6.92 Å². The molecule has 1 heterocycles. The van der Waals surface area contributed by atoms with Crippen LogP contribution in [-0.4, -0.2) is 48.5 Å². The minimum atomic E-state index is -0.707. The highest BCUT2D eigenvalue weighted by molar-refractivity contribution is 6.35. The molecule has 19 heavy (non-hydrogen) atoms. The van der Waals surface area contributed by atoms with E-state index in [0.29, 0.717) is 6.54 Å². The maximum Gasteiger partial charge on any atom is 0.309 e. The van der Waals surface area contributed by atoms with Gasteiger partial charge in [0.2, 0.25) is 6.04 Å². The highest BCUT2D eigenvalue weighted by Gasteiger charge is 2.51. The number of nitrogens with one attached hydrogen (secondary N) is 3. The predicted octanol–water partition coefficient (Wildman–Crippen LogP) is -1.51. The Balaban J connectivity index is 2.25. The van der Waals surface area contributed by atoms with Gasteiger partial charge in [-0.05, 0) is 7.05 Å². The van der Waals surface area contributed by atoms with Gasteiger partial charge in [0.15, 0.2) is 0 Å². The molecule has 2 aliphatic rings. The molecular formula is C11H18N4O4. The van der Waals surface area contributed by atoms with Gasteiger partial charge in [0.1, 0.15) is 0 Å². The Bertz CT molecular complexity index is 413. The van der Waals surface area contributed by atoms with E-state index in [4.69, 9.17) is 0 Å². The normalized spacial score (nSPS) is 38.1. The number of nitrogens with zero attached hydrogens (tertiary/aromatic N) is 1. The standard InChI is InChI=1S/C11H18N4O4/c1-5-6(4-12-2)9-7(3-8(5)15(18)19)13-10(16)11(17)14-9/h5-9,12H,3-4H2,1-2H3,(H,13,16)(H,14,17). The van der Waals surface area contributed by atoms with E-state index in [1.54, 1.807) is 7.05 Å². The van der Waals surface area contributed by atoms with Gasteiger partial charge in [-0.3, -0.25) is 19.7 Å². The van der Waals surface area contributed by atoms with Crippen molar-refractivity contribution in [2.24, 2.45) is 11.8 Å². The van der Waals surface area contributed by atoms with Crippen LogP contribution in [-0.2, 0) is 9.59 Å². The summed E-state index contributed by atoms with van der Waals surface area (Å²) >= 11 is 0. The smallest absolute Gasteiger partial charge is 0.309 e. The highest BCUT2D eigenvalue weighted by Crippen LogP contribution is 2.33. The third-order valence-electron chi connectivity index (χ3n) is 4.20. The summed E-state index contributed by atoms with van der Waals surface area (Å²) in [6.07, 6.45) is 0.255. The van der Waals surface area contributed by atoms with Crippen LogP contribution >= 0.6 is 0 Å².